The lowest BCUT2D eigenvalue weighted by molar-refractivity contribution is -0.119. The van der Waals surface area contributed by atoms with E-state index >= 15 is 4.39 Å². The van der Waals surface area contributed by atoms with Crippen LogP contribution < -0.4 is 15.5 Å². The maximum absolute atomic E-state index is 15.1. The molecular weight excluding hydrogens is 441 g/mol. The lowest BCUT2D eigenvalue weighted by Gasteiger charge is -2.25. The highest BCUT2D eigenvalue weighted by molar-refractivity contribution is 5.90. The fraction of sp³-hybridized carbons (Fsp3) is 0.348. The number of aromatic amines is 1. The number of carbonyl (C=O) groups excluding carboxylic acids is 2. The summed E-state index contributed by atoms with van der Waals surface area (Å²) in [7, 11) is 0. The van der Waals surface area contributed by atoms with Crippen molar-refractivity contribution in [1.29, 1.82) is 0 Å². The number of carbonyl (C=O) groups is 2. The Morgan fingerprint density at radius 1 is 1.32 bits per heavy atom. The van der Waals surface area contributed by atoms with Crippen molar-refractivity contribution >= 4 is 23.5 Å². The number of H-pyrrole nitrogens is 1. The third-order valence-electron chi connectivity index (χ3n) is 6.06. The molecule has 176 valence electrons. The maximum Gasteiger partial charge on any atom is 0.414 e. The third-order valence-corrected chi connectivity index (χ3v) is 6.06. The summed E-state index contributed by atoms with van der Waals surface area (Å²) < 4.78 is 20.3. The highest BCUT2D eigenvalue weighted by Crippen LogP contribution is 2.31. The Balaban J connectivity index is 1.29. The van der Waals surface area contributed by atoms with Crippen LogP contribution in [0.15, 0.2) is 36.7 Å². The van der Waals surface area contributed by atoms with Crippen LogP contribution in [-0.4, -0.2) is 57.6 Å². The predicted molar refractivity (Wildman–Crippen MR) is 122 cm³/mol. The van der Waals surface area contributed by atoms with Crippen LogP contribution in [0.4, 0.5) is 20.7 Å². The van der Waals surface area contributed by atoms with Crippen molar-refractivity contribution in [2.24, 2.45) is 0 Å². The molecule has 2 atom stereocenters. The van der Waals surface area contributed by atoms with Gasteiger partial charge < -0.3 is 15.4 Å². The van der Waals surface area contributed by atoms with Gasteiger partial charge in [0.25, 0.3) is 0 Å². The van der Waals surface area contributed by atoms with Gasteiger partial charge in [-0.25, -0.2) is 9.18 Å². The van der Waals surface area contributed by atoms with Crippen molar-refractivity contribution < 1.29 is 18.7 Å². The number of nitrogens with one attached hydrogen (secondary N) is 3. The first-order valence-electron chi connectivity index (χ1n) is 11.1. The van der Waals surface area contributed by atoms with Crippen molar-refractivity contribution in [1.82, 2.24) is 25.7 Å². The molecule has 10 nitrogen and oxygen atoms in total. The molecule has 2 amide bonds. The predicted octanol–water partition coefficient (Wildman–Crippen LogP) is 2.44. The second kappa shape index (κ2) is 9.08. The minimum Gasteiger partial charge on any atom is -0.442 e. The van der Waals surface area contributed by atoms with Crippen LogP contribution >= 0.6 is 0 Å². The Labute approximate surface area is 194 Å². The Kier molecular flexibility index (Phi) is 5.83. The number of benzene rings is 1. The Bertz CT molecular complexity index is 1220. The molecule has 2 aliphatic rings. The second-order valence-electron chi connectivity index (χ2n) is 8.49. The number of cyclic esters (lactones) is 1. The molecule has 34 heavy (non-hydrogen) atoms. The van der Waals surface area contributed by atoms with Crippen molar-refractivity contribution in [2.45, 2.75) is 38.3 Å². The highest BCUT2D eigenvalue weighted by Gasteiger charge is 2.32. The third kappa shape index (κ3) is 4.54. The first-order chi connectivity index (χ1) is 16.5. The van der Waals surface area contributed by atoms with Crippen molar-refractivity contribution in [3.63, 3.8) is 0 Å². The number of pyridine rings is 1. The average molecular weight is 465 g/mol. The van der Waals surface area contributed by atoms with E-state index in [1.165, 1.54) is 17.9 Å². The van der Waals surface area contributed by atoms with E-state index in [0.29, 0.717) is 22.6 Å². The zero-order valence-electron chi connectivity index (χ0n) is 18.5. The normalized spacial score (nSPS) is 19.5. The Morgan fingerprint density at radius 3 is 2.97 bits per heavy atom. The summed E-state index contributed by atoms with van der Waals surface area (Å²) in [5, 5.41) is 16.4. The lowest BCUT2D eigenvalue weighted by atomic mass is 9.90. The fourth-order valence-electron chi connectivity index (χ4n) is 4.36. The SMILES string of the molecule is CC(=O)NC[C@H]1CN(c2ccc(-c3cnc4c(c3)CCC(Nc3cn[nH]n3)C4)c(F)c2)C(=O)O1. The molecule has 0 bridgehead atoms. The largest absolute Gasteiger partial charge is 0.442 e. The number of halogens is 1. The number of hydrogen-bond acceptors (Lipinski definition) is 7. The Morgan fingerprint density at radius 2 is 2.21 bits per heavy atom. The van der Waals surface area contributed by atoms with Gasteiger partial charge in [0, 0.05) is 42.4 Å². The molecule has 0 saturated carbocycles. The van der Waals surface area contributed by atoms with E-state index in [0.717, 1.165) is 30.5 Å². The van der Waals surface area contributed by atoms with E-state index in [1.807, 2.05) is 6.07 Å². The van der Waals surface area contributed by atoms with Crippen LogP contribution in [0.25, 0.3) is 11.1 Å². The molecule has 1 aliphatic carbocycles. The molecular formula is C23H24FN7O3. The topological polar surface area (TPSA) is 125 Å². The number of anilines is 2. The highest BCUT2D eigenvalue weighted by atomic mass is 19.1. The molecule has 1 unspecified atom stereocenters. The fourth-order valence-corrected chi connectivity index (χ4v) is 4.36. The second-order valence-corrected chi connectivity index (χ2v) is 8.49. The molecule has 11 heteroatoms. The zero-order chi connectivity index (χ0) is 23.7. The molecule has 3 heterocycles. The molecule has 0 spiro atoms. The smallest absolute Gasteiger partial charge is 0.414 e. The van der Waals surface area contributed by atoms with E-state index in [4.69, 9.17) is 4.74 Å². The van der Waals surface area contributed by atoms with Gasteiger partial charge in [0.1, 0.15) is 11.9 Å². The number of amides is 2. The number of hydrogen-bond donors (Lipinski definition) is 3. The maximum atomic E-state index is 15.1. The van der Waals surface area contributed by atoms with Gasteiger partial charge in [-0.05, 0) is 42.7 Å². The summed E-state index contributed by atoms with van der Waals surface area (Å²) in [6.45, 7) is 1.85. The minimum absolute atomic E-state index is 0.203. The first kappa shape index (κ1) is 21.8. The summed E-state index contributed by atoms with van der Waals surface area (Å²) in [5.74, 6) is 0.0552. The van der Waals surface area contributed by atoms with Gasteiger partial charge in [0.2, 0.25) is 5.91 Å². The van der Waals surface area contributed by atoms with Gasteiger partial charge in [0.05, 0.1) is 25.0 Å². The molecule has 2 aromatic heterocycles. The summed E-state index contributed by atoms with van der Waals surface area (Å²) in [4.78, 5) is 29.3. The number of ether oxygens (including phenoxy) is 1. The van der Waals surface area contributed by atoms with Gasteiger partial charge in [0.15, 0.2) is 5.82 Å². The van der Waals surface area contributed by atoms with Crippen molar-refractivity contribution in [3.8, 4) is 11.1 Å². The number of rotatable bonds is 6. The van der Waals surface area contributed by atoms with Crippen LogP contribution in [0.3, 0.4) is 0 Å². The van der Waals surface area contributed by atoms with E-state index in [2.05, 4.69) is 31.0 Å². The minimum atomic E-state index is -0.563. The monoisotopic (exact) mass is 465 g/mol. The van der Waals surface area contributed by atoms with Crippen LogP contribution in [0, 0.1) is 5.82 Å². The van der Waals surface area contributed by atoms with Gasteiger partial charge in [-0.15, -0.1) is 5.10 Å². The number of aryl methyl sites for hydroxylation is 1. The standard InChI is InChI=1S/C23H24FN7O3/c1-13(32)25-10-18-12-31(23(33)34-18)17-4-5-19(20(24)8-17)15-6-14-2-3-16(7-21(14)26-9-15)28-22-11-27-30-29-22/h4-6,8-9,11,16,18H,2-3,7,10,12H2,1H3,(H,25,32)(H2,27,28,29,30)/t16?,18-/m0/s1. The van der Waals surface area contributed by atoms with E-state index < -0.39 is 18.0 Å². The van der Waals surface area contributed by atoms with Gasteiger partial charge >= 0.3 is 6.09 Å². The number of aromatic nitrogens is 4. The van der Waals surface area contributed by atoms with Crippen molar-refractivity contribution in [3.05, 3.63) is 53.7 Å². The number of fused-ring (bicyclic) bond motifs is 1. The summed E-state index contributed by atoms with van der Waals surface area (Å²) in [6.07, 6.45) is 4.76. The molecule has 1 fully saturated rings. The van der Waals surface area contributed by atoms with Crippen molar-refractivity contribution in [2.75, 3.05) is 23.3 Å². The quantitative estimate of drug-likeness (QED) is 0.511. The lowest BCUT2D eigenvalue weighted by Crippen LogP contribution is -2.33. The summed E-state index contributed by atoms with van der Waals surface area (Å²) in [5.41, 5.74) is 3.60. The van der Waals surface area contributed by atoms with Gasteiger partial charge in [-0.3, -0.25) is 14.7 Å². The summed E-state index contributed by atoms with van der Waals surface area (Å²) >= 11 is 0. The zero-order valence-corrected chi connectivity index (χ0v) is 18.5. The van der Waals surface area contributed by atoms with E-state index in [9.17, 15) is 9.59 Å². The molecule has 5 rings (SSSR count). The average Bonchev–Trinajstić information content (AvgIpc) is 3.46. The van der Waals surface area contributed by atoms with Crippen LogP contribution in [0.2, 0.25) is 0 Å². The molecule has 3 aromatic rings. The molecule has 3 N–H and O–H groups in total. The Hall–Kier alpha value is -4.02. The summed E-state index contributed by atoms with van der Waals surface area (Å²) in [6, 6.07) is 6.87. The molecule has 1 aromatic carbocycles. The van der Waals surface area contributed by atoms with E-state index in [1.54, 1.807) is 24.5 Å². The van der Waals surface area contributed by atoms with Crippen LogP contribution in [0.1, 0.15) is 24.6 Å². The van der Waals surface area contributed by atoms with Gasteiger partial charge in [-0.1, -0.05) is 0 Å². The van der Waals surface area contributed by atoms with Crippen LogP contribution in [-0.2, 0) is 22.4 Å². The first-order valence-corrected chi connectivity index (χ1v) is 11.1. The number of nitrogens with zero attached hydrogens (tertiary/aromatic N) is 4. The molecule has 0 radical (unpaired) electrons. The molecule has 1 saturated heterocycles. The van der Waals surface area contributed by atoms with Crippen LogP contribution in [0.5, 0.6) is 0 Å². The molecule has 1 aliphatic heterocycles. The van der Waals surface area contributed by atoms with Gasteiger partial charge in [-0.2, -0.15) is 10.3 Å². The van der Waals surface area contributed by atoms with E-state index in [-0.39, 0.29) is 25.0 Å².